The minimum atomic E-state index is -2.00. The first-order valence-electron chi connectivity index (χ1n) is 14.2. The molecule has 1 fully saturated rings. The molecule has 0 aliphatic carbocycles. The summed E-state index contributed by atoms with van der Waals surface area (Å²) >= 11 is 0. The van der Waals surface area contributed by atoms with Crippen molar-refractivity contribution in [1.29, 1.82) is 0 Å². The molecule has 39 heavy (non-hydrogen) atoms. The van der Waals surface area contributed by atoms with Crippen LogP contribution in [0.2, 0.25) is 18.1 Å². The van der Waals surface area contributed by atoms with Crippen molar-refractivity contribution in [2.24, 2.45) is 0 Å². The maximum atomic E-state index is 9.07. The summed E-state index contributed by atoms with van der Waals surface area (Å²) in [6.07, 6.45) is 6.83. The maximum Gasteiger partial charge on any atom is 0.250 e. The molecule has 1 N–H and O–H groups in total. The van der Waals surface area contributed by atoms with Crippen LogP contribution in [0, 0.1) is 0 Å². The zero-order valence-electron chi connectivity index (χ0n) is 24.6. The Morgan fingerprint density at radius 3 is 2.67 bits per heavy atom. The fourth-order valence-electron chi connectivity index (χ4n) is 4.37. The highest BCUT2D eigenvalue weighted by molar-refractivity contribution is 6.74. The lowest BCUT2D eigenvalue weighted by Crippen LogP contribution is -2.43. The molecule has 3 heterocycles. The Morgan fingerprint density at radius 1 is 1.18 bits per heavy atom. The molecule has 9 nitrogen and oxygen atoms in total. The van der Waals surface area contributed by atoms with Crippen LogP contribution in [0.15, 0.2) is 30.6 Å². The third kappa shape index (κ3) is 7.10. The molecule has 1 saturated heterocycles. The van der Waals surface area contributed by atoms with Crippen molar-refractivity contribution < 1.29 is 23.7 Å². The van der Waals surface area contributed by atoms with Crippen LogP contribution in [0.25, 0.3) is 22.2 Å². The van der Waals surface area contributed by atoms with Gasteiger partial charge in [0, 0.05) is 23.8 Å². The minimum Gasteiger partial charge on any atom is -0.543 e. The predicted octanol–water partition coefficient (Wildman–Crippen LogP) is 5.96. The van der Waals surface area contributed by atoms with E-state index in [1.807, 2.05) is 28.7 Å². The van der Waals surface area contributed by atoms with Crippen LogP contribution in [0.4, 0.5) is 0 Å². The molecule has 3 atom stereocenters. The van der Waals surface area contributed by atoms with Crippen molar-refractivity contribution >= 4 is 19.2 Å². The first-order valence-corrected chi connectivity index (χ1v) is 17.1. The molecule has 1 unspecified atom stereocenters. The molecule has 1 aliphatic rings. The average molecular weight is 559 g/mol. The summed E-state index contributed by atoms with van der Waals surface area (Å²) in [7, 11) is -2.00. The van der Waals surface area contributed by atoms with Gasteiger partial charge in [0.25, 0.3) is 0 Å². The molecule has 3 aromatic rings. The number of nitrogens with zero attached hydrogens (tertiary/aromatic N) is 4. The minimum absolute atomic E-state index is 0.00763. The number of benzene rings is 1. The molecule has 1 aliphatic heterocycles. The van der Waals surface area contributed by atoms with Crippen molar-refractivity contribution in [3.63, 3.8) is 0 Å². The van der Waals surface area contributed by atoms with Crippen LogP contribution < -0.4 is 4.43 Å². The van der Waals surface area contributed by atoms with E-state index in [9.17, 15) is 0 Å². The van der Waals surface area contributed by atoms with E-state index in [0.29, 0.717) is 19.8 Å². The lowest BCUT2D eigenvalue weighted by molar-refractivity contribution is -0.0365. The average Bonchev–Trinajstić information content (AvgIpc) is 3.53. The van der Waals surface area contributed by atoms with Crippen molar-refractivity contribution in [1.82, 2.24) is 19.6 Å². The third-order valence-corrected chi connectivity index (χ3v) is 12.2. The monoisotopic (exact) mass is 558 g/mol. The number of hydrogen-bond donors (Lipinski definition) is 1. The zero-order valence-corrected chi connectivity index (χ0v) is 25.6. The van der Waals surface area contributed by atoms with Crippen LogP contribution in [0.5, 0.6) is 5.75 Å². The molecule has 0 spiro atoms. The van der Waals surface area contributed by atoms with Crippen molar-refractivity contribution in [2.75, 3.05) is 33.0 Å². The molecular weight excluding hydrogens is 512 g/mol. The first-order chi connectivity index (χ1) is 18.5. The Hall–Kier alpha value is -2.24. The van der Waals surface area contributed by atoms with Crippen LogP contribution in [-0.2, 0) is 14.2 Å². The van der Waals surface area contributed by atoms with Gasteiger partial charge in [0.1, 0.15) is 11.4 Å². The van der Waals surface area contributed by atoms with Gasteiger partial charge in [-0.25, -0.2) is 4.68 Å². The van der Waals surface area contributed by atoms with Gasteiger partial charge in [0.05, 0.1) is 50.3 Å². The summed E-state index contributed by atoms with van der Waals surface area (Å²) in [5.74, 6) is 0.881. The van der Waals surface area contributed by atoms with E-state index in [1.165, 1.54) is 0 Å². The topological polar surface area (TPSA) is 92.8 Å². The fraction of sp³-hybridized carbons (Fsp3) is 0.655. The summed E-state index contributed by atoms with van der Waals surface area (Å²) in [6.45, 7) is 17.4. The van der Waals surface area contributed by atoms with Gasteiger partial charge >= 0.3 is 0 Å². The Balaban J connectivity index is 1.58. The summed E-state index contributed by atoms with van der Waals surface area (Å²) in [5.41, 5.74) is 2.87. The van der Waals surface area contributed by atoms with Crippen molar-refractivity contribution in [3.05, 3.63) is 30.6 Å². The van der Waals surface area contributed by atoms with E-state index >= 15 is 0 Å². The van der Waals surface area contributed by atoms with Crippen molar-refractivity contribution in [3.8, 4) is 17.0 Å². The van der Waals surface area contributed by atoms with E-state index in [0.717, 1.165) is 53.8 Å². The fourth-order valence-corrected chi connectivity index (χ4v) is 5.40. The van der Waals surface area contributed by atoms with Crippen LogP contribution >= 0.6 is 0 Å². The van der Waals surface area contributed by atoms with E-state index in [-0.39, 0.29) is 30.0 Å². The molecular formula is C29H46N4O5Si. The Kier molecular flexibility index (Phi) is 9.54. The number of hydrogen-bond acceptors (Lipinski definition) is 7. The second kappa shape index (κ2) is 12.5. The Morgan fingerprint density at radius 2 is 1.97 bits per heavy atom. The van der Waals surface area contributed by atoms with Crippen molar-refractivity contribution in [2.45, 2.75) is 90.4 Å². The molecule has 0 radical (unpaired) electrons. The van der Waals surface area contributed by atoms with Gasteiger partial charge in [0.2, 0.25) is 8.32 Å². The van der Waals surface area contributed by atoms with Crippen LogP contribution in [-0.4, -0.2) is 72.1 Å². The number of ether oxygens (including phenoxy) is 3. The highest BCUT2D eigenvalue weighted by Crippen LogP contribution is 2.40. The number of aromatic nitrogens is 4. The molecule has 1 aromatic carbocycles. The lowest BCUT2D eigenvalue weighted by atomic mass is 10.1. The van der Waals surface area contributed by atoms with Gasteiger partial charge in [-0.05, 0) is 69.4 Å². The molecule has 0 saturated carbocycles. The third-order valence-electron chi connectivity index (χ3n) is 7.86. The molecule has 2 aromatic heterocycles. The number of fused-ring (bicyclic) bond motifs is 1. The van der Waals surface area contributed by atoms with Crippen LogP contribution in [0.3, 0.4) is 0 Å². The second-order valence-electron chi connectivity index (χ2n) is 12.2. The predicted molar refractivity (Wildman–Crippen MR) is 156 cm³/mol. The molecule has 10 heteroatoms. The highest BCUT2D eigenvalue weighted by Gasteiger charge is 2.39. The lowest BCUT2D eigenvalue weighted by Gasteiger charge is -2.36. The maximum absolute atomic E-state index is 9.07. The summed E-state index contributed by atoms with van der Waals surface area (Å²) in [4.78, 5) is 0. The largest absolute Gasteiger partial charge is 0.543 e. The number of rotatable bonds is 12. The summed E-state index contributed by atoms with van der Waals surface area (Å²) < 4.78 is 28.0. The summed E-state index contributed by atoms with van der Waals surface area (Å²) in [6, 6.07) is 6.37. The molecule has 4 rings (SSSR count). The number of aliphatic hydroxyl groups is 1. The first kappa shape index (κ1) is 29.7. The normalized spacial score (nSPS) is 18.4. The molecule has 0 amide bonds. The Labute approximate surface area is 233 Å². The number of aliphatic hydroxyl groups excluding tert-OH is 1. The van der Waals surface area contributed by atoms with Crippen LogP contribution in [0.1, 0.15) is 66.2 Å². The Bertz CT molecular complexity index is 1210. The van der Waals surface area contributed by atoms with Gasteiger partial charge in [0.15, 0.2) is 6.23 Å². The van der Waals surface area contributed by atoms with E-state index in [4.69, 9.17) is 28.8 Å². The van der Waals surface area contributed by atoms with Gasteiger partial charge in [-0.1, -0.05) is 20.8 Å². The molecule has 0 bridgehead atoms. The van der Waals surface area contributed by atoms with E-state index in [2.05, 4.69) is 64.1 Å². The molecule has 216 valence electrons. The van der Waals surface area contributed by atoms with E-state index < -0.39 is 8.32 Å². The van der Waals surface area contributed by atoms with Gasteiger partial charge < -0.3 is 23.7 Å². The highest BCUT2D eigenvalue weighted by atomic mass is 28.4. The SMILES string of the molecule is C[C@H](COCCO[C@@H](C)CO)n1cc(-c2nn(C3CCCCO3)c3ccc(O[Si](C)(C)C(C)(C)C)cc23)cn1. The zero-order chi connectivity index (χ0) is 28.2. The smallest absolute Gasteiger partial charge is 0.250 e. The standard InChI is InChI=1S/C29H46N4O5Si/c1-21(20-35-14-15-36-22(2)19-34)32-18-23(17-30-32)28-25-16-24(38-39(6,7)29(3,4)5)11-12-26(25)33(31-28)27-10-8-9-13-37-27/h11-12,16-18,21-22,27,34H,8-10,13-15,19-20H2,1-7H3/t21-,22+,27?/m1/s1. The summed E-state index contributed by atoms with van der Waals surface area (Å²) in [5, 5.41) is 19.9. The van der Waals surface area contributed by atoms with Gasteiger partial charge in [-0.2, -0.15) is 10.2 Å². The van der Waals surface area contributed by atoms with Gasteiger partial charge in [-0.3, -0.25) is 4.68 Å². The quantitative estimate of drug-likeness (QED) is 0.217. The van der Waals surface area contributed by atoms with Gasteiger partial charge in [-0.15, -0.1) is 0 Å². The van der Waals surface area contributed by atoms with E-state index in [1.54, 1.807) is 0 Å². The second-order valence-corrected chi connectivity index (χ2v) is 16.9.